The van der Waals surface area contributed by atoms with Gasteiger partial charge in [-0.2, -0.15) is 0 Å². The number of thioether (sulfide) groups is 1. The first-order chi connectivity index (χ1) is 15.9. The standard InChI is InChI=1S/C28H34N2O2S/c1-30(18-20-5-9-25(33-2)10-6-20)26(31)24-7-3-19(4-8-24)17-29-27(32)28-14-21-11-22(15-28)13-23(12-21)16-28/h3-10,21-23H,11-18H2,1-2H3,(H,29,32). The van der Waals surface area contributed by atoms with Crippen molar-refractivity contribution in [2.75, 3.05) is 13.3 Å². The average Bonchev–Trinajstić information content (AvgIpc) is 2.82. The summed E-state index contributed by atoms with van der Waals surface area (Å²) in [5.74, 6) is 2.58. The Morgan fingerprint density at radius 1 is 0.909 bits per heavy atom. The van der Waals surface area contributed by atoms with Crippen LogP contribution in [0.2, 0.25) is 0 Å². The Balaban J connectivity index is 1.16. The van der Waals surface area contributed by atoms with Gasteiger partial charge in [-0.1, -0.05) is 24.3 Å². The first-order valence-electron chi connectivity index (χ1n) is 12.2. The number of carbonyl (C=O) groups excluding carboxylic acids is 2. The number of nitrogens with zero attached hydrogens (tertiary/aromatic N) is 1. The van der Waals surface area contributed by atoms with Crippen LogP contribution in [0.25, 0.3) is 0 Å². The largest absolute Gasteiger partial charge is 0.352 e. The van der Waals surface area contributed by atoms with Crippen molar-refractivity contribution < 1.29 is 9.59 Å². The molecule has 0 radical (unpaired) electrons. The fourth-order valence-corrected chi connectivity index (χ4v) is 7.23. The highest BCUT2D eigenvalue weighted by molar-refractivity contribution is 7.98. The van der Waals surface area contributed by atoms with Crippen molar-refractivity contribution in [2.24, 2.45) is 23.2 Å². The molecule has 0 aromatic heterocycles. The number of hydrogen-bond donors (Lipinski definition) is 1. The van der Waals surface area contributed by atoms with Gasteiger partial charge in [-0.25, -0.2) is 0 Å². The van der Waals surface area contributed by atoms with Gasteiger partial charge in [-0.15, -0.1) is 11.8 Å². The van der Waals surface area contributed by atoms with Crippen LogP contribution >= 0.6 is 11.8 Å². The summed E-state index contributed by atoms with van der Waals surface area (Å²) in [7, 11) is 1.84. The molecule has 1 N–H and O–H groups in total. The van der Waals surface area contributed by atoms with Crippen molar-refractivity contribution in [1.82, 2.24) is 10.2 Å². The van der Waals surface area contributed by atoms with Gasteiger partial charge in [-0.05, 0) is 97.9 Å². The summed E-state index contributed by atoms with van der Waals surface area (Å²) >= 11 is 1.71. The molecule has 4 nitrogen and oxygen atoms in total. The molecule has 4 bridgehead atoms. The monoisotopic (exact) mass is 462 g/mol. The minimum Gasteiger partial charge on any atom is -0.352 e. The molecule has 0 unspecified atom stereocenters. The fourth-order valence-electron chi connectivity index (χ4n) is 6.82. The summed E-state index contributed by atoms with van der Waals surface area (Å²) in [6, 6.07) is 16.0. The first kappa shape index (κ1) is 22.5. The third-order valence-electron chi connectivity index (χ3n) is 8.10. The van der Waals surface area contributed by atoms with E-state index >= 15 is 0 Å². The lowest BCUT2D eigenvalue weighted by molar-refractivity contribution is -0.146. The van der Waals surface area contributed by atoms with E-state index in [2.05, 4.69) is 35.8 Å². The second-order valence-electron chi connectivity index (χ2n) is 10.6. The third kappa shape index (κ3) is 4.70. The molecule has 5 heteroatoms. The molecule has 2 aromatic carbocycles. The lowest BCUT2D eigenvalue weighted by atomic mass is 9.49. The van der Waals surface area contributed by atoms with Crippen LogP contribution in [0.3, 0.4) is 0 Å². The van der Waals surface area contributed by atoms with Gasteiger partial charge in [-0.3, -0.25) is 9.59 Å². The number of nitrogens with one attached hydrogen (secondary N) is 1. The maximum absolute atomic E-state index is 13.2. The van der Waals surface area contributed by atoms with Crippen LogP contribution in [0.4, 0.5) is 0 Å². The second kappa shape index (κ2) is 9.17. The van der Waals surface area contributed by atoms with Crippen molar-refractivity contribution in [3.05, 3.63) is 65.2 Å². The van der Waals surface area contributed by atoms with Gasteiger partial charge < -0.3 is 10.2 Å². The van der Waals surface area contributed by atoms with Crippen LogP contribution in [-0.4, -0.2) is 30.0 Å². The van der Waals surface area contributed by atoms with E-state index in [0.29, 0.717) is 18.7 Å². The minimum atomic E-state index is -0.110. The first-order valence-corrected chi connectivity index (χ1v) is 13.4. The van der Waals surface area contributed by atoms with E-state index in [1.54, 1.807) is 16.7 Å². The predicted octanol–water partition coefficient (Wildman–Crippen LogP) is 5.51. The Morgan fingerprint density at radius 2 is 1.45 bits per heavy atom. The molecule has 2 aromatic rings. The molecule has 0 atom stereocenters. The number of benzene rings is 2. The lowest BCUT2D eigenvalue weighted by Gasteiger charge is -2.55. The maximum atomic E-state index is 13.2. The molecule has 4 fully saturated rings. The highest BCUT2D eigenvalue weighted by Gasteiger charge is 2.54. The van der Waals surface area contributed by atoms with E-state index in [9.17, 15) is 9.59 Å². The summed E-state index contributed by atoms with van der Waals surface area (Å²) in [6.45, 7) is 1.11. The molecular formula is C28H34N2O2S. The highest BCUT2D eigenvalue weighted by Crippen LogP contribution is 2.60. The van der Waals surface area contributed by atoms with Crippen LogP contribution in [0.5, 0.6) is 0 Å². The zero-order valence-corrected chi connectivity index (χ0v) is 20.5. The van der Waals surface area contributed by atoms with Gasteiger partial charge in [0.25, 0.3) is 5.91 Å². The van der Waals surface area contributed by atoms with Crippen LogP contribution in [0.1, 0.15) is 60.0 Å². The van der Waals surface area contributed by atoms with Gasteiger partial charge in [0.2, 0.25) is 5.91 Å². The fraction of sp³-hybridized carbons (Fsp3) is 0.500. The van der Waals surface area contributed by atoms with Gasteiger partial charge in [0.15, 0.2) is 0 Å². The average molecular weight is 463 g/mol. The van der Waals surface area contributed by atoms with Crippen molar-refractivity contribution in [3.63, 3.8) is 0 Å². The molecule has 4 aliphatic rings. The van der Waals surface area contributed by atoms with Gasteiger partial charge in [0, 0.05) is 36.0 Å². The van der Waals surface area contributed by atoms with Crippen molar-refractivity contribution in [2.45, 2.75) is 56.5 Å². The molecule has 4 aliphatic carbocycles. The van der Waals surface area contributed by atoms with Crippen molar-refractivity contribution in [3.8, 4) is 0 Å². The Bertz CT molecular complexity index is 980. The summed E-state index contributed by atoms with van der Waals surface area (Å²) in [4.78, 5) is 29.0. The molecule has 4 saturated carbocycles. The third-order valence-corrected chi connectivity index (χ3v) is 8.84. The zero-order valence-electron chi connectivity index (χ0n) is 19.7. The van der Waals surface area contributed by atoms with E-state index in [1.165, 1.54) is 24.2 Å². The summed E-state index contributed by atoms with van der Waals surface area (Å²) in [6.07, 6.45) is 9.36. The Morgan fingerprint density at radius 3 is 2.00 bits per heavy atom. The minimum absolute atomic E-state index is 0.00750. The molecule has 2 amide bonds. The smallest absolute Gasteiger partial charge is 0.253 e. The number of amides is 2. The molecule has 0 spiro atoms. The summed E-state index contributed by atoms with van der Waals surface area (Å²) in [5.41, 5.74) is 2.73. The highest BCUT2D eigenvalue weighted by atomic mass is 32.2. The number of rotatable bonds is 7. The molecule has 0 saturated heterocycles. The van der Waals surface area contributed by atoms with Crippen LogP contribution in [0, 0.1) is 23.2 Å². The van der Waals surface area contributed by atoms with E-state index in [0.717, 1.165) is 48.1 Å². The molecule has 6 rings (SSSR count). The van der Waals surface area contributed by atoms with Crippen LogP contribution in [0.15, 0.2) is 53.4 Å². The van der Waals surface area contributed by atoms with Crippen molar-refractivity contribution in [1.29, 1.82) is 0 Å². The number of hydrogen-bond acceptors (Lipinski definition) is 3. The molecule has 0 aliphatic heterocycles. The normalized spacial score (nSPS) is 27.4. The van der Waals surface area contributed by atoms with Crippen LogP contribution < -0.4 is 5.32 Å². The second-order valence-corrected chi connectivity index (χ2v) is 11.5. The van der Waals surface area contributed by atoms with Gasteiger partial charge >= 0.3 is 0 Å². The SMILES string of the molecule is CSc1ccc(CN(C)C(=O)c2ccc(CNC(=O)C34CC5CC(CC(C5)C3)C4)cc2)cc1. The van der Waals surface area contributed by atoms with E-state index < -0.39 is 0 Å². The number of carbonyl (C=O) groups is 2. The van der Waals surface area contributed by atoms with E-state index in [1.807, 2.05) is 31.3 Å². The zero-order chi connectivity index (χ0) is 23.0. The molecular weight excluding hydrogens is 428 g/mol. The van der Waals surface area contributed by atoms with E-state index in [-0.39, 0.29) is 17.2 Å². The lowest BCUT2D eigenvalue weighted by Crippen LogP contribution is -2.53. The van der Waals surface area contributed by atoms with Crippen LogP contribution in [-0.2, 0) is 17.9 Å². The van der Waals surface area contributed by atoms with Crippen molar-refractivity contribution >= 4 is 23.6 Å². The maximum Gasteiger partial charge on any atom is 0.253 e. The molecule has 0 heterocycles. The van der Waals surface area contributed by atoms with Gasteiger partial charge in [0.1, 0.15) is 0 Å². The van der Waals surface area contributed by atoms with E-state index in [4.69, 9.17) is 0 Å². The molecule has 33 heavy (non-hydrogen) atoms. The summed E-state index contributed by atoms with van der Waals surface area (Å²) < 4.78 is 0. The topological polar surface area (TPSA) is 49.4 Å². The van der Waals surface area contributed by atoms with Gasteiger partial charge in [0.05, 0.1) is 0 Å². The Hall–Kier alpha value is -2.27. The predicted molar refractivity (Wildman–Crippen MR) is 133 cm³/mol. The Labute approximate surface area is 201 Å². The summed E-state index contributed by atoms with van der Waals surface area (Å²) in [5, 5.41) is 3.23. The molecule has 174 valence electrons. The quantitative estimate of drug-likeness (QED) is 0.552. The Kier molecular flexibility index (Phi) is 6.26.